The largest absolute Gasteiger partial charge is 0.390 e. The summed E-state index contributed by atoms with van der Waals surface area (Å²) in [4.78, 5) is 0. The van der Waals surface area contributed by atoms with Crippen molar-refractivity contribution < 1.29 is 71.3 Å². The molecule has 0 rings (SSSR count). The standard InChI is InChI=1S/C16H20F14O2/c1-2-3-4-5-6-7-32-9-11(19,20)13(23,24)15(27,28)16(29,30)14(25,26)12(21,22)10(17,18)8-31/h31H,2-9H2,1H3. The van der Waals surface area contributed by atoms with E-state index in [9.17, 15) is 61.5 Å². The average Bonchev–Trinajstić information content (AvgIpc) is 2.66. The lowest BCUT2D eigenvalue weighted by Gasteiger charge is -2.42. The first-order valence-corrected chi connectivity index (χ1v) is 8.95. The molecule has 194 valence electrons. The molecule has 0 spiro atoms. The molecule has 0 heterocycles. The normalized spacial score (nSPS) is 15.4. The molecule has 0 aliphatic carbocycles. The Morgan fingerprint density at radius 2 is 0.906 bits per heavy atom. The molecule has 0 atom stereocenters. The minimum absolute atomic E-state index is 0.0469. The number of hydrogen-bond acceptors (Lipinski definition) is 2. The van der Waals surface area contributed by atoms with Crippen molar-refractivity contribution >= 4 is 0 Å². The fourth-order valence-corrected chi connectivity index (χ4v) is 2.25. The van der Waals surface area contributed by atoms with Crippen LogP contribution < -0.4 is 0 Å². The van der Waals surface area contributed by atoms with Gasteiger partial charge in [-0.1, -0.05) is 32.6 Å². The maximum Gasteiger partial charge on any atom is 0.384 e. The van der Waals surface area contributed by atoms with Crippen LogP contribution in [0.5, 0.6) is 0 Å². The van der Waals surface area contributed by atoms with Crippen LogP contribution in [0.15, 0.2) is 0 Å². The predicted octanol–water partition coefficient (Wildman–Crippen LogP) is 6.41. The maximum atomic E-state index is 13.6. The number of halogens is 14. The van der Waals surface area contributed by atoms with Crippen LogP contribution in [-0.2, 0) is 4.74 Å². The van der Waals surface area contributed by atoms with Crippen LogP contribution in [0.2, 0.25) is 0 Å². The van der Waals surface area contributed by atoms with Crippen molar-refractivity contribution in [2.45, 2.75) is 80.5 Å². The van der Waals surface area contributed by atoms with Crippen molar-refractivity contribution in [1.29, 1.82) is 0 Å². The van der Waals surface area contributed by atoms with Crippen LogP contribution in [0, 0.1) is 0 Å². The molecule has 32 heavy (non-hydrogen) atoms. The van der Waals surface area contributed by atoms with E-state index in [1.165, 1.54) is 0 Å². The highest BCUT2D eigenvalue weighted by molar-refractivity contribution is 5.14. The van der Waals surface area contributed by atoms with Gasteiger partial charge in [-0.3, -0.25) is 0 Å². The smallest absolute Gasteiger partial charge is 0.384 e. The third kappa shape index (κ3) is 5.20. The lowest BCUT2D eigenvalue weighted by Crippen LogP contribution is -2.73. The summed E-state index contributed by atoms with van der Waals surface area (Å²) in [6.07, 6.45) is 2.28. The fraction of sp³-hybridized carbons (Fsp3) is 1.00. The maximum absolute atomic E-state index is 13.6. The van der Waals surface area contributed by atoms with Gasteiger partial charge in [0, 0.05) is 6.61 Å². The lowest BCUT2D eigenvalue weighted by molar-refractivity contribution is -0.443. The summed E-state index contributed by atoms with van der Waals surface area (Å²) in [7, 11) is 0. The molecule has 0 unspecified atom stereocenters. The van der Waals surface area contributed by atoms with Crippen molar-refractivity contribution in [1.82, 2.24) is 0 Å². The second-order valence-corrected chi connectivity index (χ2v) is 6.91. The first-order valence-electron chi connectivity index (χ1n) is 8.95. The molecule has 0 aromatic rings. The number of unbranched alkanes of at least 4 members (excludes halogenated alkanes) is 4. The zero-order chi connectivity index (χ0) is 25.9. The van der Waals surface area contributed by atoms with E-state index in [0.717, 1.165) is 6.42 Å². The van der Waals surface area contributed by atoms with Gasteiger partial charge in [0.15, 0.2) is 0 Å². The predicted molar refractivity (Wildman–Crippen MR) is 81.3 cm³/mol. The van der Waals surface area contributed by atoms with Gasteiger partial charge in [-0.05, 0) is 6.42 Å². The Kier molecular flexibility index (Phi) is 9.72. The molecule has 0 saturated carbocycles. The minimum Gasteiger partial charge on any atom is -0.390 e. The molecule has 0 aliphatic rings. The van der Waals surface area contributed by atoms with E-state index in [-0.39, 0.29) is 6.42 Å². The zero-order valence-corrected chi connectivity index (χ0v) is 16.3. The molecule has 0 aromatic carbocycles. The van der Waals surface area contributed by atoms with Crippen molar-refractivity contribution in [2.24, 2.45) is 0 Å². The number of ether oxygens (including phenoxy) is 1. The summed E-state index contributed by atoms with van der Waals surface area (Å²) in [6.45, 7) is -4.90. The molecule has 0 saturated heterocycles. The molecule has 0 amide bonds. The fourth-order valence-electron chi connectivity index (χ4n) is 2.25. The summed E-state index contributed by atoms with van der Waals surface area (Å²) in [5.41, 5.74) is 0. The van der Waals surface area contributed by atoms with Crippen molar-refractivity contribution in [3.05, 3.63) is 0 Å². The Bertz CT molecular complexity index is 591. The van der Waals surface area contributed by atoms with E-state index in [1.807, 2.05) is 0 Å². The molecular weight excluding hydrogens is 490 g/mol. The average molecular weight is 510 g/mol. The van der Waals surface area contributed by atoms with Crippen LogP contribution in [0.4, 0.5) is 61.5 Å². The van der Waals surface area contributed by atoms with E-state index < -0.39 is 61.3 Å². The first-order chi connectivity index (χ1) is 14.1. The van der Waals surface area contributed by atoms with Gasteiger partial charge in [-0.15, -0.1) is 0 Å². The van der Waals surface area contributed by atoms with E-state index >= 15 is 0 Å². The molecule has 2 nitrogen and oxygen atoms in total. The number of aliphatic hydroxyl groups is 1. The van der Waals surface area contributed by atoms with Crippen LogP contribution in [0.1, 0.15) is 39.0 Å². The highest BCUT2D eigenvalue weighted by Gasteiger charge is 2.92. The SMILES string of the molecule is CCCCCCCOCC(F)(F)C(F)(F)C(F)(F)C(F)(F)C(F)(F)C(F)(F)C(F)(F)CO. The molecule has 0 aromatic heterocycles. The monoisotopic (exact) mass is 510 g/mol. The van der Waals surface area contributed by atoms with Gasteiger partial charge >= 0.3 is 41.5 Å². The van der Waals surface area contributed by atoms with E-state index in [2.05, 4.69) is 4.74 Å². The molecular formula is C16H20F14O2. The molecule has 0 radical (unpaired) electrons. The van der Waals surface area contributed by atoms with Gasteiger partial charge in [0.05, 0.1) is 0 Å². The van der Waals surface area contributed by atoms with Crippen LogP contribution in [0.25, 0.3) is 0 Å². The second kappa shape index (κ2) is 10.1. The van der Waals surface area contributed by atoms with Gasteiger partial charge in [0.25, 0.3) is 0 Å². The summed E-state index contributed by atoms with van der Waals surface area (Å²) in [5.74, 6) is -51.9. The Morgan fingerprint density at radius 1 is 0.531 bits per heavy atom. The minimum atomic E-state index is -8.13. The van der Waals surface area contributed by atoms with Crippen LogP contribution in [-0.4, -0.2) is 66.4 Å². The van der Waals surface area contributed by atoms with Crippen LogP contribution >= 0.6 is 0 Å². The van der Waals surface area contributed by atoms with E-state index in [0.29, 0.717) is 19.3 Å². The molecule has 16 heteroatoms. The summed E-state index contributed by atoms with van der Waals surface area (Å²) < 4.78 is 191. The Balaban J connectivity index is 5.77. The second-order valence-electron chi connectivity index (χ2n) is 6.91. The number of hydrogen-bond donors (Lipinski definition) is 1. The van der Waals surface area contributed by atoms with Gasteiger partial charge in [0.1, 0.15) is 13.2 Å². The van der Waals surface area contributed by atoms with Crippen molar-refractivity contribution in [3.8, 4) is 0 Å². The molecule has 0 fully saturated rings. The zero-order valence-electron chi connectivity index (χ0n) is 16.3. The van der Waals surface area contributed by atoms with Crippen LogP contribution in [0.3, 0.4) is 0 Å². The van der Waals surface area contributed by atoms with Gasteiger partial charge in [0.2, 0.25) is 0 Å². The van der Waals surface area contributed by atoms with Crippen molar-refractivity contribution in [3.63, 3.8) is 0 Å². The van der Waals surface area contributed by atoms with Gasteiger partial charge < -0.3 is 9.84 Å². The number of rotatable bonds is 15. The third-order valence-corrected chi connectivity index (χ3v) is 4.37. The Labute approximate surface area is 172 Å². The highest BCUT2D eigenvalue weighted by atomic mass is 19.4. The molecule has 1 N–H and O–H groups in total. The first kappa shape index (κ1) is 30.9. The van der Waals surface area contributed by atoms with E-state index in [4.69, 9.17) is 5.11 Å². The number of alkyl halides is 14. The Hall–Kier alpha value is -1.06. The lowest BCUT2D eigenvalue weighted by atomic mass is 9.89. The summed E-state index contributed by atoms with van der Waals surface area (Å²) >= 11 is 0. The highest BCUT2D eigenvalue weighted by Crippen LogP contribution is 2.62. The Morgan fingerprint density at radius 3 is 1.31 bits per heavy atom. The molecule has 0 bridgehead atoms. The summed E-state index contributed by atoms with van der Waals surface area (Å²) in [5, 5.41) is 7.96. The topological polar surface area (TPSA) is 29.5 Å². The molecule has 0 aliphatic heterocycles. The van der Waals surface area contributed by atoms with Gasteiger partial charge in [-0.2, -0.15) is 61.5 Å². The van der Waals surface area contributed by atoms with Gasteiger partial charge in [-0.25, -0.2) is 0 Å². The third-order valence-electron chi connectivity index (χ3n) is 4.37. The van der Waals surface area contributed by atoms with Crippen molar-refractivity contribution in [2.75, 3.05) is 19.8 Å². The number of aliphatic hydroxyl groups excluding tert-OH is 1. The van der Waals surface area contributed by atoms with E-state index in [1.54, 1.807) is 6.92 Å². The quantitative estimate of drug-likeness (QED) is 0.204. The summed E-state index contributed by atoms with van der Waals surface area (Å²) in [6, 6.07) is 0.